The van der Waals surface area contributed by atoms with Crippen LogP contribution < -0.4 is 11.1 Å². The van der Waals surface area contributed by atoms with E-state index in [1.807, 2.05) is 6.92 Å². The fourth-order valence-electron chi connectivity index (χ4n) is 0.771. The van der Waals surface area contributed by atoms with E-state index in [2.05, 4.69) is 5.32 Å². The molecule has 0 spiro atoms. The molecule has 0 saturated carbocycles. The lowest BCUT2D eigenvalue weighted by Gasteiger charge is -2.08. The standard InChI is InChI=1S/C7H16N2O/c1-3-9-5-7(8)4-6(2)10/h7,9H,3-5,8H2,1-2H3. The highest BCUT2D eigenvalue weighted by molar-refractivity contribution is 5.76. The first-order valence-corrected chi connectivity index (χ1v) is 3.62. The third-order valence-corrected chi connectivity index (χ3v) is 1.21. The molecule has 0 aromatic rings. The first-order valence-electron chi connectivity index (χ1n) is 3.62. The van der Waals surface area contributed by atoms with Crippen molar-refractivity contribution in [2.45, 2.75) is 26.3 Å². The van der Waals surface area contributed by atoms with Crippen LogP contribution in [0.4, 0.5) is 0 Å². The van der Waals surface area contributed by atoms with Gasteiger partial charge < -0.3 is 11.1 Å². The van der Waals surface area contributed by atoms with Crippen molar-refractivity contribution in [1.82, 2.24) is 5.32 Å². The van der Waals surface area contributed by atoms with Gasteiger partial charge in [0, 0.05) is 19.0 Å². The van der Waals surface area contributed by atoms with Crippen molar-refractivity contribution in [3.05, 3.63) is 0 Å². The van der Waals surface area contributed by atoms with Gasteiger partial charge in [-0.3, -0.25) is 4.79 Å². The van der Waals surface area contributed by atoms with Gasteiger partial charge in [0.15, 0.2) is 0 Å². The fraction of sp³-hybridized carbons (Fsp3) is 0.857. The molecule has 3 N–H and O–H groups in total. The molecule has 0 aromatic carbocycles. The molecule has 0 aliphatic heterocycles. The van der Waals surface area contributed by atoms with Crippen LogP contribution in [0.3, 0.4) is 0 Å². The van der Waals surface area contributed by atoms with E-state index >= 15 is 0 Å². The number of Topliss-reactive ketones (excluding diaryl/α,β-unsaturated/α-hetero) is 1. The second-order valence-electron chi connectivity index (χ2n) is 2.47. The monoisotopic (exact) mass is 144 g/mol. The molecule has 3 heteroatoms. The van der Waals surface area contributed by atoms with Crippen LogP contribution >= 0.6 is 0 Å². The Balaban J connectivity index is 3.25. The van der Waals surface area contributed by atoms with E-state index < -0.39 is 0 Å². The van der Waals surface area contributed by atoms with E-state index in [1.165, 1.54) is 0 Å². The quantitative estimate of drug-likeness (QED) is 0.566. The van der Waals surface area contributed by atoms with Crippen LogP contribution in [0.15, 0.2) is 0 Å². The van der Waals surface area contributed by atoms with Gasteiger partial charge in [0.2, 0.25) is 0 Å². The van der Waals surface area contributed by atoms with E-state index in [4.69, 9.17) is 5.73 Å². The highest BCUT2D eigenvalue weighted by atomic mass is 16.1. The Bertz CT molecular complexity index is 104. The van der Waals surface area contributed by atoms with E-state index in [9.17, 15) is 4.79 Å². The van der Waals surface area contributed by atoms with Gasteiger partial charge in [0.05, 0.1) is 0 Å². The van der Waals surface area contributed by atoms with Crippen LogP contribution in [0.2, 0.25) is 0 Å². The Kier molecular flexibility index (Phi) is 5.16. The van der Waals surface area contributed by atoms with Crippen LogP contribution in [-0.4, -0.2) is 24.9 Å². The van der Waals surface area contributed by atoms with Gasteiger partial charge in [0.25, 0.3) is 0 Å². The number of likely N-dealkylation sites (N-methyl/N-ethyl adjacent to an activating group) is 1. The number of hydrogen-bond acceptors (Lipinski definition) is 3. The summed E-state index contributed by atoms with van der Waals surface area (Å²) in [6, 6.07) is -0.0163. The van der Waals surface area contributed by atoms with Crippen molar-refractivity contribution >= 4 is 5.78 Å². The highest BCUT2D eigenvalue weighted by Crippen LogP contribution is 1.86. The predicted octanol–water partition coefficient (Wildman–Crippen LogP) is -0.0977. The van der Waals surface area contributed by atoms with Gasteiger partial charge in [-0.15, -0.1) is 0 Å². The van der Waals surface area contributed by atoms with Crippen molar-refractivity contribution in [3.63, 3.8) is 0 Å². The van der Waals surface area contributed by atoms with Gasteiger partial charge in [-0.2, -0.15) is 0 Å². The molecule has 0 aromatic heterocycles. The number of hydrogen-bond donors (Lipinski definition) is 2. The smallest absolute Gasteiger partial charge is 0.131 e. The maximum atomic E-state index is 10.5. The van der Waals surface area contributed by atoms with Crippen molar-refractivity contribution < 1.29 is 4.79 Å². The zero-order chi connectivity index (χ0) is 7.98. The fourth-order valence-corrected chi connectivity index (χ4v) is 0.771. The highest BCUT2D eigenvalue weighted by Gasteiger charge is 2.03. The molecule has 0 heterocycles. The van der Waals surface area contributed by atoms with Gasteiger partial charge in [-0.05, 0) is 13.5 Å². The summed E-state index contributed by atoms with van der Waals surface area (Å²) in [5.41, 5.74) is 5.58. The lowest BCUT2D eigenvalue weighted by molar-refractivity contribution is -0.117. The number of nitrogens with one attached hydrogen (secondary N) is 1. The van der Waals surface area contributed by atoms with Crippen molar-refractivity contribution in [2.75, 3.05) is 13.1 Å². The second kappa shape index (κ2) is 5.38. The Morgan fingerprint density at radius 2 is 2.30 bits per heavy atom. The summed E-state index contributed by atoms with van der Waals surface area (Å²) in [5.74, 6) is 0.158. The third kappa shape index (κ3) is 5.72. The average molecular weight is 144 g/mol. The minimum atomic E-state index is -0.0163. The Morgan fingerprint density at radius 1 is 1.70 bits per heavy atom. The minimum absolute atomic E-state index is 0.0163. The lowest BCUT2D eigenvalue weighted by atomic mass is 10.2. The Labute approximate surface area is 62.0 Å². The first-order chi connectivity index (χ1) is 4.66. The number of rotatable bonds is 5. The molecule has 0 bridgehead atoms. The summed E-state index contributed by atoms with van der Waals surface area (Å²) in [5, 5.41) is 3.08. The van der Waals surface area contributed by atoms with Gasteiger partial charge in [0.1, 0.15) is 5.78 Å². The van der Waals surface area contributed by atoms with E-state index in [0.717, 1.165) is 13.1 Å². The molecule has 0 saturated heterocycles. The first kappa shape index (κ1) is 9.59. The maximum Gasteiger partial charge on any atom is 0.131 e. The summed E-state index contributed by atoms with van der Waals surface area (Å²) in [7, 11) is 0. The molecule has 1 unspecified atom stereocenters. The molecule has 0 aliphatic carbocycles. The van der Waals surface area contributed by atoms with Crippen LogP contribution in [0.25, 0.3) is 0 Å². The number of carbonyl (C=O) groups excluding carboxylic acids is 1. The molecular formula is C7H16N2O. The SMILES string of the molecule is CCNCC(N)CC(C)=O. The van der Waals surface area contributed by atoms with Crippen molar-refractivity contribution in [3.8, 4) is 0 Å². The molecule has 0 rings (SSSR count). The molecule has 0 fully saturated rings. The Morgan fingerprint density at radius 3 is 2.70 bits per heavy atom. The zero-order valence-corrected chi connectivity index (χ0v) is 6.68. The molecule has 1 atom stereocenters. The summed E-state index contributed by atoms with van der Waals surface area (Å²) in [6.45, 7) is 5.22. The van der Waals surface area contributed by atoms with Gasteiger partial charge in [-0.25, -0.2) is 0 Å². The Hall–Kier alpha value is -0.410. The summed E-state index contributed by atoms with van der Waals surface area (Å²) in [6.07, 6.45) is 0.479. The summed E-state index contributed by atoms with van der Waals surface area (Å²) >= 11 is 0. The van der Waals surface area contributed by atoms with E-state index in [-0.39, 0.29) is 11.8 Å². The van der Waals surface area contributed by atoms with Gasteiger partial charge >= 0.3 is 0 Å². The average Bonchev–Trinajstić information content (AvgIpc) is 1.82. The largest absolute Gasteiger partial charge is 0.326 e. The van der Waals surface area contributed by atoms with E-state index in [1.54, 1.807) is 6.92 Å². The molecular weight excluding hydrogens is 128 g/mol. The predicted molar refractivity (Wildman–Crippen MR) is 41.8 cm³/mol. The number of ketones is 1. The number of nitrogens with two attached hydrogens (primary N) is 1. The van der Waals surface area contributed by atoms with Crippen LogP contribution in [0.1, 0.15) is 20.3 Å². The second-order valence-corrected chi connectivity index (χ2v) is 2.47. The van der Waals surface area contributed by atoms with E-state index in [0.29, 0.717) is 6.42 Å². The number of carbonyl (C=O) groups is 1. The van der Waals surface area contributed by atoms with Crippen LogP contribution in [-0.2, 0) is 4.79 Å². The molecule has 3 nitrogen and oxygen atoms in total. The normalized spacial score (nSPS) is 13.1. The molecule has 0 amide bonds. The van der Waals surface area contributed by atoms with Crippen molar-refractivity contribution in [2.24, 2.45) is 5.73 Å². The van der Waals surface area contributed by atoms with Crippen LogP contribution in [0, 0.1) is 0 Å². The molecule has 60 valence electrons. The summed E-state index contributed by atoms with van der Waals surface area (Å²) in [4.78, 5) is 10.5. The van der Waals surface area contributed by atoms with Gasteiger partial charge in [-0.1, -0.05) is 6.92 Å². The lowest BCUT2D eigenvalue weighted by Crippen LogP contribution is -2.35. The third-order valence-electron chi connectivity index (χ3n) is 1.21. The molecule has 10 heavy (non-hydrogen) atoms. The van der Waals surface area contributed by atoms with Crippen LogP contribution in [0.5, 0.6) is 0 Å². The van der Waals surface area contributed by atoms with Crippen molar-refractivity contribution in [1.29, 1.82) is 0 Å². The minimum Gasteiger partial charge on any atom is -0.326 e. The molecule has 0 radical (unpaired) electrons. The maximum absolute atomic E-state index is 10.5. The molecule has 0 aliphatic rings. The summed E-state index contributed by atoms with van der Waals surface area (Å²) < 4.78 is 0. The topological polar surface area (TPSA) is 55.1 Å². The zero-order valence-electron chi connectivity index (χ0n) is 6.68.